The molecule has 0 aliphatic heterocycles. The van der Waals surface area contributed by atoms with Gasteiger partial charge < -0.3 is 15.3 Å². The van der Waals surface area contributed by atoms with Crippen LogP contribution >= 0.6 is 0 Å². The fraction of sp³-hybridized carbons (Fsp3) is 0.769. The van der Waals surface area contributed by atoms with Crippen LogP contribution in [0, 0.1) is 11.8 Å². The first kappa shape index (κ1) is 17.4. The smallest absolute Gasteiger partial charge is 0.303 e. The highest BCUT2D eigenvalue weighted by molar-refractivity contribution is 5.83. The van der Waals surface area contributed by atoms with E-state index in [0.717, 1.165) is 6.42 Å². The summed E-state index contributed by atoms with van der Waals surface area (Å²) < 4.78 is 0. The zero-order chi connectivity index (χ0) is 15.0. The highest BCUT2D eigenvalue weighted by atomic mass is 16.4. The van der Waals surface area contributed by atoms with Crippen molar-refractivity contribution in [2.75, 3.05) is 20.1 Å². The van der Waals surface area contributed by atoms with E-state index in [4.69, 9.17) is 5.11 Å². The zero-order valence-corrected chi connectivity index (χ0v) is 12.1. The topological polar surface area (TPSA) is 86.7 Å². The largest absolute Gasteiger partial charge is 0.481 e. The number of amides is 2. The second-order valence-electron chi connectivity index (χ2n) is 5.27. The summed E-state index contributed by atoms with van der Waals surface area (Å²) >= 11 is 0. The molecule has 0 aliphatic carbocycles. The lowest BCUT2D eigenvalue weighted by Gasteiger charge is -2.19. The van der Waals surface area contributed by atoms with Crippen LogP contribution in [0.25, 0.3) is 0 Å². The second kappa shape index (κ2) is 8.50. The van der Waals surface area contributed by atoms with E-state index >= 15 is 0 Å². The maximum Gasteiger partial charge on any atom is 0.303 e. The minimum atomic E-state index is -0.860. The van der Waals surface area contributed by atoms with Gasteiger partial charge in [-0.15, -0.1) is 0 Å². The molecule has 0 spiro atoms. The van der Waals surface area contributed by atoms with Crippen LogP contribution < -0.4 is 5.32 Å². The molecule has 2 amide bonds. The van der Waals surface area contributed by atoms with Crippen LogP contribution in [-0.4, -0.2) is 47.9 Å². The van der Waals surface area contributed by atoms with E-state index < -0.39 is 5.97 Å². The SMILES string of the molecule is CC(=O)N(C)CC(=O)NC[C@H](CC(=O)O)CC(C)C. The van der Waals surface area contributed by atoms with Crippen molar-refractivity contribution in [1.82, 2.24) is 10.2 Å². The molecule has 6 nitrogen and oxygen atoms in total. The van der Waals surface area contributed by atoms with E-state index in [0.29, 0.717) is 12.5 Å². The molecule has 0 aromatic carbocycles. The summed E-state index contributed by atoms with van der Waals surface area (Å²) in [4.78, 5) is 34.6. The van der Waals surface area contributed by atoms with Gasteiger partial charge in [0, 0.05) is 26.9 Å². The Hall–Kier alpha value is -1.59. The number of aliphatic carboxylic acids is 1. The monoisotopic (exact) mass is 272 g/mol. The molecule has 0 unspecified atom stereocenters. The molecule has 110 valence electrons. The number of carboxylic acids is 1. The molecule has 19 heavy (non-hydrogen) atoms. The fourth-order valence-corrected chi connectivity index (χ4v) is 1.79. The molecule has 0 radical (unpaired) electrons. The average molecular weight is 272 g/mol. The standard InChI is InChI=1S/C13H24N2O4/c1-9(2)5-11(6-13(18)19)7-14-12(17)8-15(4)10(3)16/h9,11H,5-8H2,1-4H3,(H,14,17)(H,18,19)/t11-/m0/s1. The molecule has 1 atom stereocenters. The van der Waals surface area contributed by atoms with E-state index in [2.05, 4.69) is 5.32 Å². The molecule has 0 saturated heterocycles. The number of carboxylic acid groups (broad SMARTS) is 1. The summed E-state index contributed by atoms with van der Waals surface area (Å²) in [7, 11) is 1.55. The number of rotatable bonds is 8. The Balaban J connectivity index is 4.19. The van der Waals surface area contributed by atoms with E-state index in [1.807, 2.05) is 13.8 Å². The zero-order valence-electron chi connectivity index (χ0n) is 12.1. The van der Waals surface area contributed by atoms with Gasteiger partial charge in [0.1, 0.15) is 0 Å². The number of likely N-dealkylation sites (N-methyl/N-ethyl adjacent to an activating group) is 1. The summed E-state index contributed by atoms with van der Waals surface area (Å²) in [5.41, 5.74) is 0. The van der Waals surface area contributed by atoms with E-state index in [-0.39, 0.29) is 30.7 Å². The maximum absolute atomic E-state index is 11.6. The van der Waals surface area contributed by atoms with Gasteiger partial charge in [0.05, 0.1) is 6.54 Å². The Morgan fingerprint density at radius 2 is 1.84 bits per heavy atom. The second-order valence-corrected chi connectivity index (χ2v) is 5.27. The van der Waals surface area contributed by atoms with Gasteiger partial charge in [-0.1, -0.05) is 13.8 Å². The average Bonchev–Trinajstić information content (AvgIpc) is 2.24. The van der Waals surface area contributed by atoms with Crippen LogP contribution in [0.4, 0.5) is 0 Å². The molecule has 0 saturated carbocycles. The number of nitrogens with zero attached hydrogens (tertiary/aromatic N) is 1. The molecular formula is C13H24N2O4. The molecule has 2 N–H and O–H groups in total. The quantitative estimate of drug-likeness (QED) is 0.681. The van der Waals surface area contributed by atoms with Crippen molar-refractivity contribution in [2.24, 2.45) is 11.8 Å². The molecule has 0 fully saturated rings. The number of hydrogen-bond acceptors (Lipinski definition) is 3. The van der Waals surface area contributed by atoms with Gasteiger partial charge >= 0.3 is 5.97 Å². The van der Waals surface area contributed by atoms with Crippen LogP contribution in [0.3, 0.4) is 0 Å². The lowest BCUT2D eigenvalue weighted by Crippen LogP contribution is -2.39. The van der Waals surface area contributed by atoms with Crippen molar-refractivity contribution in [3.8, 4) is 0 Å². The van der Waals surface area contributed by atoms with Crippen molar-refractivity contribution in [2.45, 2.75) is 33.6 Å². The molecule has 0 aromatic rings. The third-order valence-electron chi connectivity index (χ3n) is 2.77. The fourth-order valence-electron chi connectivity index (χ4n) is 1.79. The maximum atomic E-state index is 11.6. The van der Waals surface area contributed by atoms with Crippen molar-refractivity contribution >= 4 is 17.8 Å². The minimum Gasteiger partial charge on any atom is -0.481 e. The Morgan fingerprint density at radius 3 is 2.26 bits per heavy atom. The number of hydrogen-bond donors (Lipinski definition) is 2. The van der Waals surface area contributed by atoms with Crippen molar-refractivity contribution in [3.05, 3.63) is 0 Å². The van der Waals surface area contributed by atoms with Gasteiger partial charge in [-0.05, 0) is 18.3 Å². The van der Waals surface area contributed by atoms with Gasteiger partial charge in [0.2, 0.25) is 11.8 Å². The van der Waals surface area contributed by atoms with Crippen molar-refractivity contribution in [3.63, 3.8) is 0 Å². The van der Waals surface area contributed by atoms with Crippen molar-refractivity contribution < 1.29 is 19.5 Å². The first-order chi connectivity index (χ1) is 8.72. The molecule has 0 bridgehead atoms. The molecule has 6 heteroatoms. The first-order valence-electron chi connectivity index (χ1n) is 6.42. The van der Waals surface area contributed by atoms with E-state index in [1.165, 1.54) is 11.8 Å². The third-order valence-corrected chi connectivity index (χ3v) is 2.77. The van der Waals surface area contributed by atoms with Crippen molar-refractivity contribution in [1.29, 1.82) is 0 Å². The summed E-state index contributed by atoms with van der Waals surface area (Å²) in [6.07, 6.45) is 0.788. The Kier molecular flexibility index (Phi) is 7.79. The number of nitrogens with one attached hydrogen (secondary N) is 1. The number of carbonyl (C=O) groups is 3. The first-order valence-corrected chi connectivity index (χ1v) is 6.42. The summed E-state index contributed by atoms with van der Waals surface area (Å²) in [5, 5.41) is 11.5. The van der Waals surface area contributed by atoms with Crippen LogP contribution in [0.15, 0.2) is 0 Å². The Morgan fingerprint density at radius 1 is 1.26 bits per heavy atom. The van der Waals surface area contributed by atoms with Crippen LogP contribution in [0.1, 0.15) is 33.6 Å². The predicted octanol–water partition coefficient (Wildman–Crippen LogP) is 0.718. The summed E-state index contributed by atoms with van der Waals surface area (Å²) in [5.74, 6) is -1.01. The lowest BCUT2D eigenvalue weighted by atomic mass is 9.94. The minimum absolute atomic E-state index is 0.00317. The molecule has 0 aliphatic rings. The predicted molar refractivity (Wildman–Crippen MR) is 71.5 cm³/mol. The Labute approximate surface area is 114 Å². The number of carbonyl (C=O) groups excluding carboxylic acids is 2. The van der Waals surface area contributed by atoms with Gasteiger partial charge in [0.15, 0.2) is 0 Å². The van der Waals surface area contributed by atoms with Gasteiger partial charge in [0.25, 0.3) is 0 Å². The Bertz CT molecular complexity index is 329. The molecular weight excluding hydrogens is 248 g/mol. The highest BCUT2D eigenvalue weighted by Gasteiger charge is 2.16. The molecule has 0 heterocycles. The van der Waals surface area contributed by atoms with E-state index in [9.17, 15) is 14.4 Å². The summed E-state index contributed by atoms with van der Waals surface area (Å²) in [6.45, 7) is 5.74. The third kappa shape index (κ3) is 9.04. The molecule has 0 rings (SSSR count). The highest BCUT2D eigenvalue weighted by Crippen LogP contribution is 2.14. The van der Waals surface area contributed by atoms with E-state index in [1.54, 1.807) is 7.05 Å². The van der Waals surface area contributed by atoms with Crippen LogP contribution in [-0.2, 0) is 14.4 Å². The van der Waals surface area contributed by atoms with Gasteiger partial charge in [-0.3, -0.25) is 14.4 Å². The van der Waals surface area contributed by atoms with Gasteiger partial charge in [-0.25, -0.2) is 0 Å². The van der Waals surface area contributed by atoms with Crippen LogP contribution in [0.5, 0.6) is 0 Å². The normalized spacial score (nSPS) is 12.1. The molecule has 0 aromatic heterocycles. The van der Waals surface area contributed by atoms with Crippen LogP contribution in [0.2, 0.25) is 0 Å². The van der Waals surface area contributed by atoms with Gasteiger partial charge in [-0.2, -0.15) is 0 Å². The lowest BCUT2D eigenvalue weighted by molar-refractivity contribution is -0.138. The summed E-state index contributed by atoms with van der Waals surface area (Å²) in [6, 6.07) is 0.